The van der Waals surface area contributed by atoms with Crippen LogP contribution in [-0.2, 0) is 10.0 Å². The van der Waals surface area contributed by atoms with E-state index in [0.29, 0.717) is 0 Å². The van der Waals surface area contributed by atoms with Crippen LogP contribution in [0.15, 0.2) is 23.1 Å². The van der Waals surface area contributed by atoms with Crippen molar-refractivity contribution in [3.63, 3.8) is 0 Å². The molecule has 0 aromatic heterocycles. The number of hydrogen-bond acceptors (Lipinski definition) is 4. The lowest BCUT2D eigenvalue weighted by Crippen LogP contribution is -2.33. The molecule has 0 aliphatic heterocycles. The van der Waals surface area contributed by atoms with Crippen molar-refractivity contribution in [2.75, 3.05) is 13.1 Å². The van der Waals surface area contributed by atoms with Crippen LogP contribution in [-0.4, -0.2) is 30.7 Å². The molecule has 0 radical (unpaired) electrons. The average Bonchev–Trinajstić information content (AvgIpc) is 3.21. The van der Waals surface area contributed by atoms with Crippen molar-refractivity contribution in [2.45, 2.75) is 17.7 Å². The molecule has 0 N–H and O–H groups in total. The van der Waals surface area contributed by atoms with Gasteiger partial charge in [-0.05, 0) is 30.9 Å². The highest BCUT2D eigenvalue weighted by atomic mass is 35.5. The molecule has 8 heteroatoms. The van der Waals surface area contributed by atoms with Crippen LogP contribution in [0.4, 0.5) is 5.69 Å². The first-order valence-electron chi connectivity index (χ1n) is 6.24. The molecule has 6 nitrogen and oxygen atoms in total. The van der Waals surface area contributed by atoms with E-state index in [2.05, 4.69) is 5.92 Å². The summed E-state index contributed by atoms with van der Waals surface area (Å²) in [4.78, 5) is 9.92. The molecule has 21 heavy (non-hydrogen) atoms. The zero-order valence-electron chi connectivity index (χ0n) is 11.0. The van der Waals surface area contributed by atoms with Gasteiger partial charge in [-0.1, -0.05) is 17.5 Å². The SMILES string of the molecule is C#CCN(CC1CC1)S(=O)(=O)c1ccc(Cl)cc1[N+](=O)[O-]. The molecule has 1 fully saturated rings. The predicted octanol–water partition coefficient (Wildman–Crippen LogP) is 2.28. The number of nitrogens with zero attached hydrogens (tertiary/aromatic N) is 2. The van der Waals surface area contributed by atoms with Gasteiger partial charge in [0.05, 0.1) is 11.5 Å². The van der Waals surface area contributed by atoms with Gasteiger partial charge in [-0.25, -0.2) is 8.42 Å². The molecule has 1 saturated carbocycles. The molecule has 0 saturated heterocycles. The zero-order chi connectivity index (χ0) is 15.6. The number of nitro groups is 1. The summed E-state index contributed by atoms with van der Waals surface area (Å²) in [5.74, 6) is 2.57. The lowest BCUT2D eigenvalue weighted by Gasteiger charge is -2.19. The second kappa shape index (κ2) is 6.02. The van der Waals surface area contributed by atoms with Crippen molar-refractivity contribution in [3.8, 4) is 12.3 Å². The van der Waals surface area contributed by atoms with Crippen molar-refractivity contribution >= 4 is 27.3 Å². The van der Waals surface area contributed by atoms with Crippen LogP contribution in [0, 0.1) is 28.4 Å². The molecular formula is C13H13ClN2O4S. The van der Waals surface area contributed by atoms with Crippen LogP contribution in [0.2, 0.25) is 5.02 Å². The molecule has 0 amide bonds. The second-order valence-electron chi connectivity index (χ2n) is 4.81. The highest BCUT2D eigenvalue weighted by Gasteiger charge is 2.35. The van der Waals surface area contributed by atoms with Gasteiger partial charge >= 0.3 is 0 Å². The Morgan fingerprint density at radius 2 is 2.14 bits per heavy atom. The normalized spacial score (nSPS) is 14.9. The molecule has 1 aromatic carbocycles. The Balaban J connectivity index is 2.46. The van der Waals surface area contributed by atoms with Gasteiger partial charge < -0.3 is 0 Å². The van der Waals surface area contributed by atoms with Gasteiger partial charge in [-0.3, -0.25) is 10.1 Å². The molecule has 0 unspecified atom stereocenters. The third-order valence-corrected chi connectivity index (χ3v) is 5.26. The summed E-state index contributed by atoms with van der Waals surface area (Å²) in [7, 11) is -4.02. The number of benzene rings is 1. The third kappa shape index (κ3) is 3.53. The first-order valence-corrected chi connectivity index (χ1v) is 8.05. The Morgan fingerprint density at radius 3 is 2.67 bits per heavy atom. The molecule has 1 aliphatic rings. The van der Waals surface area contributed by atoms with Crippen molar-refractivity contribution in [2.24, 2.45) is 5.92 Å². The second-order valence-corrected chi connectivity index (χ2v) is 7.16. The molecule has 1 aromatic rings. The van der Waals surface area contributed by atoms with Gasteiger partial charge in [0.2, 0.25) is 0 Å². The average molecular weight is 329 g/mol. The smallest absolute Gasteiger partial charge is 0.258 e. The fourth-order valence-electron chi connectivity index (χ4n) is 1.93. The minimum atomic E-state index is -4.02. The lowest BCUT2D eigenvalue weighted by molar-refractivity contribution is -0.387. The fourth-order valence-corrected chi connectivity index (χ4v) is 3.66. The first-order chi connectivity index (χ1) is 9.86. The van der Waals surface area contributed by atoms with E-state index in [1.165, 1.54) is 6.07 Å². The maximum atomic E-state index is 12.6. The minimum absolute atomic E-state index is 0.103. The van der Waals surface area contributed by atoms with Crippen LogP contribution >= 0.6 is 11.6 Å². The van der Waals surface area contributed by atoms with E-state index in [0.717, 1.165) is 29.3 Å². The largest absolute Gasteiger partial charge is 0.290 e. The van der Waals surface area contributed by atoms with Crippen molar-refractivity contribution in [3.05, 3.63) is 33.3 Å². The van der Waals surface area contributed by atoms with E-state index in [9.17, 15) is 18.5 Å². The summed E-state index contributed by atoms with van der Waals surface area (Å²) in [6.07, 6.45) is 7.10. The maximum Gasteiger partial charge on any atom is 0.290 e. The Bertz CT molecular complexity index is 707. The topological polar surface area (TPSA) is 80.5 Å². The predicted molar refractivity (Wildman–Crippen MR) is 78.4 cm³/mol. The quantitative estimate of drug-likeness (QED) is 0.456. The van der Waals surface area contributed by atoms with E-state index in [4.69, 9.17) is 18.0 Å². The van der Waals surface area contributed by atoms with Crippen LogP contribution in [0.25, 0.3) is 0 Å². The van der Waals surface area contributed by atoms with E-state index in [-0.39, 0.29) is 28.9 Å². The summed E-state index contributed by atoms with van der Waals surface area (Å²) in [5, 5.41) is 11.2. The molecule has 0 bridgehead atoms. The molecule has 0 atom stereocenters. The highest BCUT2D eigenvalue weighted by Crippen LogP contribution is 2.34. The number of halogens is 1. The fraction of sp³-hybridized carbons (Fsp3) is 0.385. The van der Waals surface area contributed by atoms with E-state index in [1.807, 2.05) is 0 Å². The van der Waals surface area contributed by atoms with Gasteiger partial charge in [0.25, 0.3) is 15.7 Å². The molecule has 0 spiro atoms. The number of terminal acetylenes is 1. The number of rotatable bonds is 6. The molecule has 2 rings (SSSR count). The van der Waals surface area contributed by atoms with Gasteiger partial charge in [0, 0.05) is 17.6 Å². The van der Waals surface area contributed by atoms with Gasteiger partial charge in [-0.2, -0.15) is 4.31 Å². The van der Waals surface area contributed by atoms with Gasteiger partial charge in [-0.15, -0.1) is 6.42 Å². The molecule has 112 valence electrons. The van der Waals surface area contributed by atoms with Crippen LogP contribution in [0.5, 0.6) is 0 Å². The minimum Gasteiger partial charge on any atom is -0.258 e. The van der Waals surface area contributed by atoms with Crippen LogP contribution < -0.4 is 0 Å². The Labute approximate surface area is 127 Å². The Kier molecular flexibility index (Phi) is 4.52. The third-order valence-electron chi connectivity index (χ3n) is 3.16. The van der Waals surface area contributed by atoms with E-state index < -0.39 is 20.6 Å². The standard InChI is InChI=1S/C13H13ClN2O4S/c1-2-7-15(9-10-3-4-10)21(19,20)13-6-5-11(14)8-12(13)16(17)18/h1,5-6,8,10H,3-4,7,9H2. The van der Waals surface area contributed by atoms with Crippen LogP contribution in [0.1, 0.15) is 12.8 Å². The zero-order valence-corrected chi connectivity index (χ0v) is 12.6. The van der Waals surface area contributed by atoms with Crippen molar-refractivity contribution < 1.29 is 13.3 Å². The lowest BCUT2D eigenvalue weighted by atomic mass is 10.3. The monoisotopic (exact) mass is 328 g/mol. The highest BCUT2D eigenvalue weighted by molar-refractivity contribution is 7.89. The first kappa shape index (κ1) is 15.8. The Morgan fingerprint density at radius 1 is 1.48 bits per heavy atom. The summed E-state index contributed by atoms with van der Waals surface area (Å²) < 4.78 is 26.3. The number of nitro benzene ring substituents is 1. The van der Waals surface area contributed by atoms with E-state index in [1.54, 1.807) is 0 Å². The number of hydrogen-bond donors (Lipinski definition) is 0. The summed E-state index contributed by atoms with van der Waals surface area (Å²) in [5.41, 5.74) is -0.541. The van der Waals surface area contributed by atoms with Gasteiger partial charge in [0.15, 0.2) is 4.90 Å². The summed E-state index contributed by atoms with van der Waals surface area (Å²) in [6, 6.07) is 3.48. The summed E-state index contributed by atoms with van der Waals surface area (Å²) >= 11 is 5.70. The number of sulfonamides is 1. The molecule has 0 heterocycles. The van der Waals surface area contributed by atoms with Gasteiger partial charge in [0.1, 0.15) is 0 Å². The Hall–Kier alpha value is -1.62. The molecule has 1 aliphatic carbocycles. The van der Waals surface area contributed by atoms with Crippen molar-refractivity contribution in [1.82, 2.24) is 4.31 Å². The van der Waals surface area contributed by atoms with Crippen molar-refractivity contribution in [1.29, 1.82) is 0 Å². The van der Waals surface area contributed by atoms with Crippen LogP contribution in [0.3, 0.4) is 0 Å². The maximum absolute atomic E-state index is 12.6. The van der Waals surface area contributed by atoms with E-state index >= 15 is 0 Å². The molecular weight excluding hydrogens is 316 g/mol. The summed E-state index contributed by atoms with van der Waals surface area (Å²) in [6.45, 7) is 0.172.